The molecule has 3 aromatic heterocycles. The molecule has 0 aliphatic heterocycles. The first kappa shape index (κ1) is 21.3. The van der Waals surface area contributed by atoms with E-state index in [0.29, 0.717) is 12.2 Å². The minimum atomic E-state index is 0.0179. The van der Waals surface area contributed by atoms with Gasteiger partial charge < -0.3 is 4.84 Å². The lowest BCUT2D eigenvalue weighted by atomic mass is 10.1. The van der Waals surface area contributed by atoms with Gasteiger partial charge in [0.15, 0.2) is 5.78 Å². The molecule has 0 bridgehead atoms. The van der Waals surface area contributed by atoms with Crippen molar-refractivity contribution in [3.8, 4) is 11.4 Å². The van der Waals surface area contributed by atoms with E-state index in [4.69, 9.17) is 9.82 Å². The van der Waals surface area contributed by atoms with Crippen LogP contribution in [0.25, 0.3) is 11.4 Å². The maximum atomic E-state index is 11.6. The molecule has 0 aromatic carbocycles. The maximum Gasteiger partial charge on any atom is 0.161 e. The fraction of sp³-hybridized carbons (Fsp3) is 0.292. The van der Waals surface area contributed by atoms with Crippen LogP contribution in [0, 0.1) is 13.8 Å². The molecule has 0 fully saturated rings. The zero-order valence-corrected chi connectivity index (χ0v) is 17.8. The summed E-state index contributed by atoms with van der Waals surface area (Å²) < 4.78 is 0. The van der Waals surface area contributed by atoms with Gasteiger partial charge in [-0.2, -0.15) is 0 Å². The zero-order chi connectivity index (χ0) is 21.5. The van der Waals surface area contributed by atoms with E-state index in [2.05, 4.69) is 15.1 Å². The minimum absolute atomic E-state index is 0.0179. The molecule has 0 atom stereocenters. The summed E-state index contributed by atoms with van der Waals surface area (Å²) in [6.07, 6.45) is 1.57. The molecule has 3 rings (SSSR count). The molecular weight excluding hydrogens is 376 g/mol. The quantitative estimate of drug-likeness (QED) is 0.236. The van der Waals surface area contributed by atoms with Crippen LogP contribution in [0.2, 0.25) is 0 Å². The maximum absolute atomic E-state index is 11.6. The first-order valence-electron chi connectivity index (χ1n) is 9.99. The van der Waals surface area contributed by atoms with Gasteiger partial charge in [0.1, 0.15) is 12.3 Å². The highest BCUT2D eigenvalue weighted by molar-refractivity contribution is 5.96. The van der Waals surface area contributed by atoms with Crippen LogP contribution in [0.4, 0.5) is 0 Å². The summed E-state index contributed by atoms with van der Waals surface area (Å²) in [7, 11) is 0. The standard InChI is InChI=1S/C24H26N4O2/c1-16-8-5-11-22(25-16)18(3)28-30-15-7-10-20-9-6-12-23(27-20)24-14-13-21(19(4)29)17(2)26-24/h5-6,8-9,11-14H,7,10,15H2,1-4H3. The van der Waals surface area contributed by atoms with E-state index < -0.39 is 0 Å². The van der Waals surface area contributed by atoms with E-state index in [1.54, 1.807) is 6.92 Å². The summed E-state index contributed by atoms with van der Waals surface area (Å²) in [6.45, 7) is 7.73. The Kier molecular flexibility index (Phi) is 7.01. The zero-order valence-electron chi connectivity index (χ0n) is 17.8. The number of hydrogen-bond acceptors (Lipinski definition) is 6. The highest BCUT2D eigenvalue weighted by Gasteiger charge is 2.09. The largest absolute Gasteiger partial charge is 0.396 e. The first-order valence-corrected chi connectivity index (χ1v) is 9.99. The predicted molar refractivity (Wildman–Crippen MR) is 118 cm³/mol. The third-order valence-corrected chi connectivity index (χ3v) is 4.66. The summed E-state index contributed by atoms with van der Waals surface area (Å²) in [6, 6.07) is 15.4. The molecule has 0 radical (unpaired) electrons. The third kappa shape index (κ3) is 5.56. The first-order chi connectivity index (χ1) is 14.4. The summed E-state index contributed by atoms with van der Waals surface area (Å²) in [5.74, 6) is 0.0179. The summed E-state index contributed by atoms with van der Waals surface area (Å²) in [5.41, 5.74) is 6.42. The molecule has 0 saturated carbocycles. The van der Waals surface area contributed by atoms with Crippen molar-refractivity contribution in [3.63, 3.8) is 0 Å². The molecule has 0 unspecified atom stereocenters. The third-order valence-electron chi connectivity index (χ3n) is 4.66. The number of pyridine rings is 3. The summed E-state index contributed by atoms with van der Waals surface area (Å²) in [4.78, 5) is 30.7. The van der Waals surface area contributed by atoms with Gasteiger partial charge in [-0.1, -0.05) is 17.3 Å². The number of nitrogens with zero attached hydrogens (tertiary/aromatic N) is 4. The lowest BCUT2D eigenvalue weighted by Crippen LogP contribution is -2.02. The van der Waals surface area contributed by atoms with E-state index in [9.17, 15) is 4.79 Å². The van der Waals surface area contributed by atoms with Crippen molar-refractivity contribution in [3.05, 3.63) is 76.9 Å². The molecule has 30 heavy (non-hydrogen) atoms. The van der Waals surface area contributed by atoms with Crippen molar-refractivity contribution in [1.29, 1.82) is 0 Å². The Bertz CT molecular complexity index is 1080. The monoisotopic (exact) mass is 402 g/mol. The van der Waals surface area contributed by atoms with Crippen LogP contribution in [0.3, 0.4) is 0 Å². The van der Waals surface area contributed by atoms with Gasteiger partial charge in [0.2, 0.25) is 0 Å². The van der Waals surface area contributed by atoms with Gasteiger partial charge in [-0.05, 0) is 76.9 Å². The minimum Gasteiger partial charge on any atom is -0.396 e. The van der Waals surface area contributed by atoms with E-state index >= 15 is 0 Å². The number of oxime groups is 1. The van der Waals surface area contributed by atoms with Gasteiger partial charge in [0, 0.05) is 22.6 Å². The van der Waals surface area contributed by atoms with Crippen molar-refractivity contribution in [2.45, 2.75) is 40.5 Å². The Morgan fingerprint density at radius 1 is 0.933 bits per heavy atom. The van der Waals surface area contributed by atoms with E-state index in [-0.39, 0.29) is 5.78 Å². The number of hydrogen-bond donors (Lipinski definition) is 0. The second-order valence-corrected chi connectivity index (χ2v) is 7.18. The van der Waals surface area contributed by atoms with Crippen molar-refractivity contribution >= 4 is 11.5 Å². The highest BCUT2D eigenvalue weighted by atomic mass is 16.6. The SMILES string of the molecule is CC(=O)c1ccc(-c2cccc(CCCON=C(C)c3cccc(C)n3)n2)nc1C. The predicted octanol–water partition coefficient (Wildman–Crippen LogP) is 4.73. The number of ketones is 1. The number of aryl methyl sites for hydroxylation is 3. The second kappa shape index (κ2) is 9.87. The highest BCUT2D eigenvalue weighted by Crippen LogP contribution is 2.18. The van der Waals surface area contributed by atoms with E-state index in [0.717, 1.165) is 52.7 Å². The average Bonchev–Trinajstić information content (AvgIpc) is 2.73. The lowest BCUT2D eigenvalue weighted by Gasteiger charge is -2.07. The van der Waals surface area contributed by atoms with Crippen molar-refractivity contribution in [1.82, 2.24) is 15.0 Å². The molecule has 0 spiro atoms. The fourth-order valence-electron chi connectivity index (χ4n) is 3.09. The van der Waals surface area contributed by atoms with Crippen LogP contribution < -0.4 is 0 Å². The number of Topliss-reactive ketones (excluding diaryl/α,β-unsaturated/α-hetero) is 1. The molecular formula is C24H26N4O2. The van der Waals surface area contributed by atoms with Crippen LogP contribution in [-0.2, 0) is 11.3 Å². The average molecular weight is 402 g/mol. The van der Waals surface area contributed by atoms with Crippen molar-refractivity contribution in [2.75, 3.05) is 6.61 Å². The topological polar surface area (TPSA) is 77.3 Å². The van der Waals surface area contributed by atoms with Crippen molar-refractivity contribution in [2.24, 2.45) is 5.16 Å². The Balaban J connectivity index is 1.56. The number of carbonyl (C=O) groups excluding carboxylic acids is 1. The molecule has 3 aromatic rings. The van der Waals surface area contributed by atoms with Crippen molar-refractivity contribution < 1.29 is 9.63 Å². The molecule has 6 nitrogen and oxygen atoms in total. The molecule has 0 amide bonds. The summed E-state index contributed by atoms with van der Waals surface area (Å²) >= 11 is 0. The van der Waals surface area contributed by atoms with Crippen LogP contribution in [-0.4, -0.2) is 33.1 Å². The Morgan fingerprint density at radius 3 is 2.43 bits per heavy atom. The molecule has 154 valence electrons. The van der Waals surface area contributed by atoms with Gasteiger partial charge in [0.05, 0.1) is 17.1 Å². The van der Waals surface area contributed by atoms with Crippen LogP contribution in [0.1, 0.15) is 53.4 Å². The van der Waals surface area contributed by atoms with Gasteiger partial charge >= 0.3 is 0 Å². The molecule has 6 heteroatoms. The molecule has 0 N–H and O–H groups in total. The molecule has 0 aliphatic carbocycles. The van der Waals surface area contributed by atoms with E-state index in [1.807, 2.05) is 69.3 Å². The molecule has 3 heterocycles. The summed E-state index contributed by atoms with van der Waals surface area (Å²) in [5, 5.41) is 4.16. The molecule has 0 saturated heterocycles. The number of aromatic nitrogens is 3. The lowest BCUT2D eigenvalue weighted by molar-refractivity contribution is 0.101. The van der Waals surface area contributed by atoms with Gasteiger partial charge in [0.25, 0.3) is 0 Å². The van der Waals surface area contributed by atoms with E-state index in [1.165, 1.54) is 0 Å². The van der Waals surface area contributed by atoms with Gasteiger partial charge in [-0.15, -0.1) is 0 Å². The molecule has 0 aliphatic rings. The Hall–Kier alpha value is -3.41. The second-order valence-electron chi connectivity index (χ2n) is 7.18. The normalized spacial score (nSPS) is 11.4. The van der Waals surface area contributed by atoms with Crippen LogP contribution in [0.15, 0.2) is 53.7 Å². The van der Waals surface area contributed by atoms with Gasteiger partial charge in [-0.3, -0.25) is 19.7 Å². The fourth-order valence-corrected chi connectivity index (χ4v) is 3.09. The number of rotatable bonds is 8. The van der Waals surface area contributed by atoms with Gasteiger partial charge in [-0.25, -0.2) is 0 Å². The number of carbonyl (C=O) groups is 1. The Labute approximate surface area is 177 Å². The van der Waals surface area contributed by atoms with Crippen LogP contribution in [0.5, 0.6) is 0 Å². The Morgan fingerprint density at radius 2 is 1.70 bits per heavy atom. The van der Waals surface area contributed by atoms with Crippen LogP contribution >= 0.6 is 0 Å². The smallest absolute Gasteiger partial charge is 0.161 e.